The number of anilines is 1. The highest BCUT2D eigenvalue weighted by molar-refractivity contribution is 5.76. The molecule has 3 N–H and O–H groups in total. The van der Waals surface area contributed by atoms with Crippen LogP contribution in [0.15, 0.2) is 12.4 Å². The highest BCUT2D eigenvalue weighted by atomic mass is 16.4. The Kier molecular flexibility index (Phi) is 4.86. The summed E-state index contributed by atoms with van der Waals surface area (Å²) in [5.41, 5.74) is 1.40. The number of nitrogens with one attached hydrogen (secondary N) is 2. The van der Waals surface area contributed by atoms with Crippen molar-refractivity contribution in [3.63, 3.8) is 0 Å². The Morgan fingerprint density at radius 1 is 1.19 bits per heavy atom. The maximum absolute atomic E-state index is 11.2. The predicted molar refractivity (Wildman–Crippen MR) is 99.7 cm³/mol. The third-order valence-electron chi connectivity index (χ3n) is 6.59. The van der Waals surface area contributed by atoms with Crippen molar-refractivity contribution in [2.24, 2.45) is 17.8 Å². The van der Waals surface area contributed by atoms with Gasteiger partial charge in [-0.25, -0.2) is 14.8 Å². The van der Waals surface area contributed by atoms with Crippen LogP contribution in [0.5, 0.6) is 0 Å². The van der Waals surface area contributed by atoms with Crippen LogP contribution in [-0.4, -0.2) is 32.6 Å². The number of carbonyl (C=O) groups is 1. The molecule has 0 spiro atoms. The normalized spacial score (nSPS) is 33.2. The third-order valence-corrected chi connectivity index (χ3v) is 6.59. The number of carboxylic acids is 1. The average Bonchev–Trinajstić information content (AvgIpc) is 2.59. The molecule has 4 aliphatic carbocycles. The highest BCUT2D eigenvalue weighted by Crippen LogP contribution is 2.55. The first kappa shape index (κ1) is 17.7. The second-order valence-corrected chi connectivity index (χ2v) is 8.79. The summed E-state index contributed by atoms with van der Waals surface area (Å²) in [5, 5.41) is 16.0. The smallest absolute Gasteiger partial charge is 0.326 e. The van der Waals surface area contributed by atoms with E-state index in [9.17, 15) is 9.90 Å². The zero-order valence-electron chi connectivity index (χ0n) is 15.6. The lowest BCUT2D eigenvalue weighted by Crippen LogP contribution is -2.58. The van der Waals surface area contributed by atoms with Crippen LogP contribution in [0.25, 0.3) is 0 Å². The predicted octanol–water partition coefficient (Wildman–Crippen LogP) is 3.20. The SMILES string of the molecule is CCCC(Nc1ncc(CNC23CC4CC(CC(C4)C2)C3)cn1)C(=O)O. The molecule has 1 atom stereocenters. The van der Waals surface area contributed by atoms with Crippen LogP contribution in [-0.2, 0) is 11.3 Å². The van der Waals surface area contributed by atoms with Gasteiger partial charge >= 0.3 is 5.97 Å². The highest BCUT2D eigenvalue weighted by Gasteiger charge is 2.50. The van der Waals surface area contributed by atoms with Crippen LogP contribution in [0.3, 0.4) is 0 Å². The van der Waals surface area contributed by atoms with Crippen molar-refractivity contribution in [3.8, 4) is 0 Å². The van der Waals surface area contributed by atoms with E-state index in [1.54, 1.807) is 0 Å². The largest absolute Gasteiger partial charge is 0.480 e. The summed E-state index contributed by atoms with van der Waals surface area (Å²) >= 11 is 0. The van der Waals surface area contributed by atoms with Crippen molar-refractivity contribution >= 4 is 11.9 Å². The van der Waals surface area contributed by atoms with Gasteiger partial charge in [0.25, 0.3) is 0 Å². The lowest BCUT2D eigenvalue weighted by atomic mass is 9.53. The number of hydrogen-bond donors (Lipinski definition) is 3. The fraction of sp³-hybridized carbons (Fsp3) is 0.750. The first-order chi connectivity index (χ1) is 12.5. The Balaban J connectivity index is 1.34. The Morgan fingerprint density at radius 2 is 1.77 bits per heavy atom. The van der Waals surface area contributed by atoms with E-state index < -0.39 is 12.0 Å². The molecule has 4 saturated carbocycles. The van der Waals surface area contributed by atoms with Gasteiger partial charge in [0.15, 0.2) is 0 Å². The minimum atomic E-state index is -0.858. The molecule has 4 aliphatic rings. The summed E-state index contributed by atoms with van der Waals surface area (Å²) in [6.45, 7) is 2.77. The van der Waals surface area contributed by atoms with E-state index in [4.69, 9.17) is 0 Å². The lowest BCUT2D eigenvalue weighted by Gasteiger charge is -2.57. The Hall–Kier alpha value is -1.69. The monoisotopic (exact) mass is 358 g/mol. The van der Waals surface area contributed by atoms with Crippen LogP contribution in [0.4, 0.5) is 5.95 Å². The molecule has 6 heteroatoms. The van der Waals surface area contributed by atoms with Crippen LogP contribution in [0.2, 0.25) is 0 Å². The summed E-state index contributed by atoms with van der Waals surface area (Å²) in [6.07, 6.45) is 13.3. The van der Waals surface area contributed by atoms with Gasteiger partial charge in [0, 0.05) is 30.0 Å². The second-order valence-electron chi connectivity index (χ2n) is 8.79. The summed E-state index contributed by atoms with van der Waals surface area (Å²) in [7, 11) is 0. The standard InChI is InChI=1S/C20H30N4O2/c1-2-3-17(18(25)26)24-19-21-10-16(11-22-19)12-23-20-7-13-4-14(8-20)6-15(5-13)9-20/h10-11,13-15,17,23H,2-9,12H2,1H3,(H,25,26)(H,21,22,24). The van der Waals surface area contributed by atoms with E-state index in [1.165, 1.54) is 38.5 Å². The van der Waals surface area contributed by atoms with Gasteiger partial charge in [-0.3, -0.25) is 0 Å². The molecule has 1 heterocycles. The number of carboxylic acid groups (broad SMARTS) is 1. The second kappa shape index (κ2) is 7.14. The van der Waals surface area contributed by atoms with E-state index in [1.807, 2.05) is 19.3 Å². The van der Waals surface area contributed by atoms with Gasteiger partial charge in [-0.1, -0.05) is 13.3 Å². The fourth-order valence-corrected chi connectivity index (χ4v) is 5.84. The lowest BCUT2D eigenvalue weighted by molar-refractivity contribution is -0.138. The number of hydrogen-bond acceptors (Lipinski definition) is 5. The van der Waals surface area contributed by atoms with E-state index in [0.717, 1.165) is 36.3 Å². The van der Waals surface area contributed by atoms with Crippen LogP contribution < -0.4 is 10.6 Å². The first-order valence-electron chi connectivity index (χ1n) is 10.1. The molecule has 0 amide bonds. The minimum Gasteiger partial charge on any atom is -0.480 e. The fourth-order valence-electron chi connectivity index (χ4n) is 5.84. The molecule has 142 valence electrons. The van der Waals surface area contributed by atoms with E-state index in [-0.39, 0.29) is 0 Å². The minimum absolute atomic E-state index is 0.335. The summed E-state index contributed by atoms with van der Waals surface area (Å²) in [5.74, 6) is 2.33. The van der Waals surface area contributed by atoms with Gasteiger partial charge in [0.2, 0.25) is 5.95 Å². The maximum Gasteiger partial charge on any atom is 0.326 e. The van der Waals surface area contributed by atoms with Crippen molar-refractivity contribution in [1.82, 2.24) is 15.3 Å². The number of aliphatic carboxylic acids is 1. The molecule has 4 bridgehead atoms. The zero-order valence-corrected chi connectivity index (χ0v) is 15.6. The molecule has 0 radical (unpaired) electrons. The molecular weight excluding hydrogens is 328 g/mol. The summed E-state index contributed by atoms with van der Waals surface area (Å²) in [6, 6.07) is -0.629. The summed E-state index contributed by atoms with van der Waals surface area (Å²) < 4.78 is 0. The molecule has 26 heavy (non-hydrogen) atoms. The van der Waals surface area contributed by atoms with Gasteiger partial charge in [-0.05, 0) is 62.7 Å². The topological polar surface area (TPSA) is 87.1 Å². The number of nitrogens with zero attached hydrogens (tertiary/aromatic N) is 2. The van der Waals surface area contributed by atoms with Gasteiger partial charge in [-0.15, -0.1) is 0 Å². The van der Waals surface area contributed by atoms with Gasteiger partial charge in [0.1, 0.15) is 6.04 Å². The van der Waals surface area contributed by atoms with E-state index >= 15 is 0 Å². The Morgan fingerprint density at radius 3 is 2.27 bits per heavy atom. The molecule has 5 rings (SSSR count). The maximum atomic E-state index is 11.2. The Bertz CT molecular complexity index is 610. The van der Waals surface area contributed by atoms with Crippen molar-refractivity contribution in [1.29, 1.82) is 0 Å². The van der Waals surface area contributed by atoms with E-state index in [2.05, 4.69) is 20.6 Å². The van der Waals surface area contributed by atoms with Crippen LogP contribution in [0, 0.1) is 17.8 Å². The van der Waals surface area contributed by atoms with Gasteiger partial charge in [0.05, 0.1) is 0 Å². The van der Waals surface area contributed by atoms with E-state index in [0.29, 0.717) is 17.9 Å². The third kappa shape index (κ3) is 3.70. The molecular formula is C20H30N4O2. The van der Waals surface area contributed by atoms with Gasteiger partial charge in [-0.2, -0.15) is 0 Å². The van der Waals surface area contributed by atoms with Gasteiger partial charge < -0.3 is 15.7 Å². The molecule has 1 aromatic heterocycles. The van der Waals surface area contributed by atoms with Crippen molar-refractivity contribution in [2.45, 2.75) is 76.4 Å². The van der Waals surface area contributed by atoms with Crippen molar-refractivity contribution < 1.29 is 9.90 Å². The zero-order chi connectivity index (χ0) is 18.1. The molecule has 0 aliphatic heterocycles. The van der Waals surface area contributed by atoms with Crippen molar-refractivity contribution in [2.75, 3.05) is 5.32 Å². The molecule has 1 unspecified atom stereocenters. The molecule has 6 nitrogen and oxygen atoms in total. The molecule has 0 saturated heterocycles. The molecule has 1 aromatic rings. The first-order valence-corrected chi connectivity index (χ1v) is 10.1. The summed E-state index contributed by atoms with van der Waals surface area (Å²) in [4.78, 5) is 19.9. The van der Waals surface area contributed by atoms with Crippen LogP contribution >= 0.6 is 0 Å². The average molecular weight is 358 g/mol. The Labute approximate surface area is 155 Å². The van der Waals surface area contributed by atoms with Crippen LogP contribution in [0.1, 0.15) is 63.9 Å². The van der Waals surface area contributed by atoms with Crippen molar-refractivity contribution in [3.05, 3.63) is 18.0 Å². The number of rotatable bonds is 8. The quantitative estimate of drug-likeness (QED) is 0.661. The molecule has 4 fully saturated rings. The molecule has 0 aromatic carbocycles. The number of aromatic nitrogens is 2.